The van der Waals surface area contributed by atoms with Crippen molar-refractivity contribution in [3.05, 3.63) is 11.8 Å². The molecule has 0 aliphatic carbocycles. The summed E-state index contributed by atoms with van der Waals surface area (Å²) in [4.78, 5) is 13.3. The lowest BCUT2D eigenvalue weighted by molar-refractivity contribution is -0.143. The zero-order valence-electron chi connectivity index (χ0n) is 11.9. The molecule has 1 rings (SSSR count). The van der Waals surface area contributed by atoms with E-state index >= 15 is 0 Å². The number of aromatic amines is 1. The minimum Gasteiger partial charge on any atom is -0.477 e. The summed E-state index contributed by atoms with van der Waals surface area (Å²) in [5.74, 6) is 0.392. The van der Waals surface area contributed by atoms with Gasteiger partial charge in [0, 0.05) is 18.3 Å². The van der Waals surface area contributed by atoms with Crippen LogP contribution in [0.2, 0.25) is 0 Å². The molecule has 1 heterocycles. The lowest BCUT2D eigenvalue weighted by atomic mass is 10.2. The van der Waals surface area contributed by atoms with Crippen LogP contribution in [0.4, 0.5) is 0 Å². The monoisotopic (exact) mass is 269 g/mol. The van der Waals surface area contributed by atoms with Crippen LogP contribution >= 0.6 is 0 Å². The smallest absolute Gasteiger partial charge is 0.306 e. The molecule has 1 aromatic rings. The number of carbonyl (C=O) groups excluding carboxylic acids is 1. The fraction of sp³-hybridized carbons (Fsp3) is 0.692. The van der Waals surface area contributed by atoms with Crippen LogP contribution in [0.1, 0.15) is 25.5 Å². The Labute approximate surface area is 114 Å². The minimum atomic E-state index is -0.189. The second kappa shape index (κ2) is 8.53. The van der Waals surface area contributed by atoms with Gasteiger partial charge >= 0.3 is 5.97 Å². The first kappa shape index (κ1) is 15.5. The van der Waals surface area contributed by atoms with Crippen LogP contribution < -0.4 is 4.74 Å². The van der Waals surface area contributed by atoms with Gasteiger partial charge < -0.3 is 14.4 Å². The quantitative estimate of drug-likeness (QED) is 0.539. The number of aryl methyl sites for hydroxylation is 1. The molecule has 19 heavy (non-hydrogen) atoms. The standard InChI is InChI=1S/C13H23N3O3/c1-4-18-13(17)7-6-11-10-12(15-14-11)19-9-5-8-16(2)3/h10H,4-9H2,1-3H3,(H,14,15). The van der Waals surface area contributed by atoms with E-state index in [1.54, 1.807) is 6.92 Å². The molecule has 0 aliphatic heterocycles. The van der Waals surface area contributed by atoms with Crippen LogP contribution in [0.3, 0.4) is 0 Å². The summed E-state index contributed by atoms with van der Waals surface area (Å²) in [7, 11) is 4.06. The maximum atomic E-state index is 11.2. The van der Waals surface area contributed by atoms with E-state index in [0.717, 1.165) is 18.7 Å². The summed E-state index contributed by atoms with van der Waals surface area (Å²) in [6, 6.07) is 1.83. The number of aromatic nitrogens is 2. The normalized spacial score (nSPS) is 10.7. The van der Waals surface area contributed by atoms with Crippen molar-refractivity contribution in [2.24, 2.45) is 0 Å². The van der Waals surface area contributed by atoms with E-state index in [2.05, 4.69) is 15.1 Å². The van der Waals surface area contributed by atoms with Gasteiger partial charge in [0.2, 0.25) is 5.88 Å². The van der Waals surface area contributed by atoms with Crippen molar-refractivity contribution in [1.29, 1.82) is 0 Å². The lowest BCUT2D eigenvalue weighted by Crippen LogP contribution is -2.15. The van der Waals surface area contributed by atoms with Gasteiger partial charge in [0.25, 0.3) is 0 Å². The number of H-pyrrole nitrogens is 1. The molecule has 6 heteroatoms. The molecule has 0 atom stereocenters. The SMILES string of the molecule is CCOC(=O)CCc1cc(OCCCN(C)C)n[nH]1. The minimum absolute atomic E-state index is 0.189. The Balaban J connectivity index is 2.22. The lowest BCUT2D eigenvalue weighted by Gasteiger charge is -2.08. The fourth-order valence-electron chi connectivity index (χ4n) is 1.57. The van der Waals surface area contributed by atoms with E-state index in [-0.39, 0.29) is 5.97 Å². The molecule has 1 aromatic heterocycles. The molecule has 0 aromatic carbocycles. The predicted molar refractivity (Wildman–Crippen MR) is 72.2 cm³/mol. The van der Waals surface area contributed by atoms with Crippen LogP contribution in [0.25, 0.3) is 0 Å². The molecule has 0 unspecified atom stereocenters. The van der Waals surface area contributed by atoms with Crippen LogP contribution in [0.5, 0.6) is 5.88 Å². The number of rotatable bonds is 9. The number of carbonyl (C=O) groups is 1. The fourth-order valence-corrected chi connectivity index (χ4v) is 1.57. The average Bonchev–Trinajstić information content (AvgIpc) is 2.80. The van der Waals surface area contributed by atoms with E-state index in [4.69, 9.17) is 9.47 Å². The van der Waals surface area contributed by atoms with Gasteiger partial charge in [0.15, 0.2) is 0 Å². The Morgan fingerprint density at radius 1 is 1.47 bits per heavy atom. The Bertz CT molecular complexity index is 377. The highest BCUT2D eigenvalue weighted by Gasteiger charge is 2.06. The Kier molecular flexibility index (Phi) is 6.95. The number of esters is 1. The molecule has 1 N–H and O–H groups in total. The third kappa shape index (κ3) is 6.81. The molecular weight excluding hydrogens is 246 g/mol. The first-order valence-corrected chi connectivity index (χ1v) is 6.59. The number of nitrogens with zero attached hydrogens (tertiary/aromatic N) is 2. The van der Waals surface area contributed by atoms with E-state index in [9.17, 15) is 4.79 Å². The summed E-state index contributed by atoms with van der Waals surface area (Å²) < 4.78 is 10.4. The molecule has 0 aliphatic rings. The molecule has 0 radical (unpaired) electrons. The molecule has 6 nitrogen and oxygen atoms in total. The van der Waals surface area contributed by atoms with Gasteiger partial charge in [-0.1, -0.05) is 0 Å². The topological polar surface area (TPSA) is 67.5 Å². The van der Waals surface area contributed by atoms with Gasteiger partial charge in [-0.15, -0.1) is 5.10 Å². The molecule has 0 fully saturated rings. The van der Waals surface area contributed by atoms with Crippen molar-refractivity contribution >= 4 is 5.97 Å². The van der Waals surface area contributed by atoms with Crippen LogP contribution in [-0.2, 0) is 16.0 Å². The summed E-state index contributed by atoms with van der Waals surface area (Å²) >= 11 is 0. The summed E-state index contributed by atoms with van der Waals surface area (Å²) in [5.41, 5.74) is 0.885. The third-order valence-corrected chi connectivity index (χ3v) is 2.51. The highest BCUT2D eigenvalue weighted by molar-refractivity contribution is 5.69. The molecular formula is C13H23N3O3. The second-order valence-corrected chi connectivity index (χ2v) is 4.54. The van der Waals surface area contributed by atoms with Crippen LogP contribution in [0.15, 0.2) is 6.07 Å². The number of nitrogens with one attached hydrogen (secondary N) is 1. The molecule has 108 valence electrons. The molecule has 0 saturated heterocycles. The largest absolute Gasteiger partial charge is 0.477 e. The highest BCUT2D eigenvalue weighted by Crippen LogP contribution is 2.10. The number of hydrogen-bond donors (Lipinski definition) is 1. The van der Waals surface area contributed by atoms with Gasteiger partial charge in [-0.05, 0) is 33.9 Å². The van der Waals surface area contributed by atoms with Crippen molar-refractivity contribution < 1.29 is 14.3 Å². The molecule has 0 bridgehead atoms. The Hall–Kier alpha value is -1.56. The van der Waals surface area contributed by atoms with Gasteiger partial charge in [0.1, 0.15) is 0 Å². The Morgan fingerprint density at radius 3 is 2.95 bits per heavy atom. The van der Waals surface area contributed by atoms with Crippen molar-refractivity contribution in [3.8, 4) is 5.88 Å². The maximum Gasteiger partial charge on any atom is 0.306 e. The zero-order chi connectivity index (χ0) is 14.1. The zero-order valence-corrected chi connectivity index (χ0v) is 11.9. The Morgan fingerprint density at radius 2 is 2.26 bits per heavy atom. The summed E-state index contributed by atoms with van der Waals surface area (Å²) in [6.45, 7) is 3.84. The second-order valence-electron chi connectivity index (χ2n) is 4.54. The summed E-state index contributed by atoms with van der Waals surface area (Å²) in [6.07, 6.45) is 1.90. The van der Waals surface area contributed by atoms with Crippen molar-refractivity contribution in [1.82, 2.24) is 15.1 Å². The van der Waals surface area contributed by atoms with Gasteiger partial charge in [-0.25, -0.2) is 0 Å². The van der Waals surface area contributed by atoms with Crippen molar-refractivity contribution in [2.45, 2.75) is 26.2 Å². The summed E-state index contributed by atoms with van der Waals surface area (Å²) in [5, 5.41) is 6.90. The van der Waals surface area contributed by atoms with E-state index in [1.165, 1.54) is 0 Å². The van der Waals surface area contributed by atoms with Crippen molar-refractivity contribution in [2.75, 3.05) is 33.9 Å². The molecule has 0 amide bonds. The first-order chi connectivity index (χ1) is 9.11. The maximum absolute atomic E-state index is 11.2. The highest BCUT2D eigenvalue weighted by atomic mass is 16.5. The number of hydrogen-bond acceptors (Lipinski definition) is 5. The van der Waals surface area contributed by atoms with Gasteiger partial charge in [-0.3, -0.25) is 9.89 Å². The van der Waals surface area contributed by atoms with E-state index in [1.807, 2.05) is 20.2 Å². The molecule has 0 saturated carbocycles. The van der Waals surface area contributed by atoms with Gasteiger partial charge in [0.05, 0.1) is 19.6 Å². The average molecular weight is 269 g/mol. The molecule has 0 spiro atoms. The van der Waals surface area contributed by atoms with E-state index < -0.39 is 0 Å². The number of ether oxygens (including phenoxy) is 2. The van der Waals surface area contributed by atoms with E-state index in [0.29, 0.717) is 31.9 Å². The van der Waals surface area contributed by atoms with Crippen LogP contribution in [0, 0.1) is 0 Å². The van der Waals surface area contributed by atoms with Crippen molar-refractivity contribution in [3.63, 3.8) is 0 Å². The van der Waals surface area contributed by atoms with Gasteiger partial charge in [-0.2, -0.15) is 0 Å². The van der Waals surface area contributed by atoms with Crippen LogP contribution in [-0.4, -0.2) is 54.9 Å². The predicted octanol–water partition coefficient (Wildman–Crippen LogP) is 1.24. The first-order valence-electron chi connectivity index (χ1n) is 6.59. The third-order valence-electron chi connectivity index (χ3n) is 2.51.